The molecule has 3 aromatic rings. The van der Waals surface area contributed by atoms with Gasteiger partial charge in [-0.25, -0.2) is 4.98 Å². The molecule has 1 aromatic carbocycles. The monoisotopic (exact) mass is 366 g/mol. The summed E-state index contributed by atoms with van der Waals surface area (Å²) >= 11 is 3.44. The van der Waals surface area contributed by atoms with E-state index in [9.17, 15) is 0 Å². The van der Waals surface area contributed by atoms with E-state index in [1.807, 2.05) is 24.4 Å². The fourth-order valence-corrected chi connectivity index (χ4v) is 2.18. The maximum Gasteiger partial charge on any atom is 0.140 e. The third-order valence-electron chi connectivity index (χ3n) is 2.82. The summed E-state index contributed by atoms with van der Waals surface area (Å²) in [6.07, 6.45) is 4.09. The van der Waals surface area contributed by atoms with E-state index in [1.54, 1.807) is 0 Å². The molecule has 4 heteroatoms. The molecule has 0 saturated carbocycles. The number of benzene rings is 1. The summed E-state index contributed by atoms with van der Waals surface area (Å²) in [5, 5.41) is 0. The maximum atomic E-state index is 4.66. The number of hydrogen-bond donors (Lipinski definition) is 0. The van der Waals surface area contributed by atoms with Gasteiger partial charge in [0.15, 0.2) is 0 Å². The quantitative estimate of drug-likeness (QED) is 0.611. The molecule has 0 atom stereocenters. The van der Waals surface area contributed by atoms with Gasteiger partial charge in [0.2, 0.25) is 0 Å². The van der Waals surface area contributed by atoms with Crippen molar-refractivity contribution >= 4 is 38.6 Å². The summed E-state index contributed by atoms with van der Waals surface area (Å²) in [7, 11) is 0. The molecule has 0 saturated heterocycles. The lowest BCUT2D eigenvalue weighted by atomic mass is 10.2. The lowest BCUT2D eigenvalue weighted by molar-refractivity contribution is 1.16. The van der Waals surface area contributed by atoms with Crippen molar-refractivity contribution in [1.29, 1.82) is 0 Å². The Balaban J connectivity index is 0.00000120. The number of rotatable bonds is 1. The second-order valence-corrected chi connectivity index (χ2v) is 4.97. The van der Waals surface area contributed by atoms with Gasteiger partial charge in [0.05, 0.1) is 5.69 Å². The van der Waals surface area contributed by atoms with Gasteiger partial charge in [0.25, 0.3) is 0 Å². The molecule has 0 N–H and O–H groups in total. The Kier molecular flexibility index (Phi) is 3.88. The Labute approximate surface area is 125 Å². The van der Waals surface area contributed by atoms with Crippen LogP contribution in [0.1, 0.15) is 5.56 Å². The molecule has 18 heavy (non-hydrogen) atoms. The molecule has 0 spiro atoms. The largest absolute Gasteiger partial charge is 0.306 e. The molecule has 2 aromatic heterocycles. The predicted molar refractivity (Wildman–Crippen MR) is 83.4 cm³/mol. The first-order chi connectivity index (χ1) is 8.24. The second kappa shape index (κ2) is 5.24. The van der Waals surface area contributed by atoms with E-state index in [4.69, 9.17) is 0 Å². The van der Waals surface area contributed by atoms with Crippen LogP contribution in [-0.4, -0.2) is 9.38 Å². The van der Waals surface area contributed by atoms with Gasteiger partial charge in [-0.2, -0.15) is 0 Å². The summed E-state index contributed by atoms with van der Waals surface area (Å²) in [5.74, 6) is 0. The number of pyridine rings is 1. The number of halogens is 2. The van der Waals surface area contributed by atoms with Crippen molar-refractivity contribution in [3.05, 3.63) is 58.8 Å². The smallest absolute Gasteiger partial charge is 0.140 e. The molecular formula is C14H12Br2N2. The fraction of sp³-hybridized carbons (Fsp3) is 0.0714. The van der Waals surface area contributed by atoms with Gasteiger partial charge in [-0.1, -0.05) is 34.1 Å². The van der Waals surface area contributed by atoms with Crippen LogP contribution in [0.2, 0.25) is 0 Å². The van der Waals surface area contributed by atoms with Crippen molar-refractivity contribution < 1.29 is 0 Å². The summed E-state index contributed by atoms with van der Waals surface area (Å²) in [6.45, 7) is 2.08. The van der Waals surface area contributed by atoms with Crippen molar-refractivity contribution in [3.8, 4) is 11.3 Å². The van der Waals surface area contributed by atoms with E-state index >= 15 is 0 Å². The molecule has 3 rings (SSSR count). The van der Waals surface area contributed by atoms with E-state index in [-0.39, 0.29) is 17.0 Å². The second-order valence-electron chi connectivity index (χ2n) is 4.06. The van der Waals surface area contributed by atoms with Crippen molar-refractivity contribution in [3.63, 3.8) is 0 Å². The van der Waals surface area contributed by atoms with Crippen LogP contribution in [-0.2, 0) is 0 Å². The molecule has 0 aliphatic heterocycles. The topological polar surface area (TPSA) is 17.3 Å². The molecule has 0 fully saturated rings. The molecule has 0 amide bonds. The molecule has 0 aliphatic rings. The zero-order valence-electron chi connectivity index (χ0n) is 9.80. The Bertz CT molecular complexity index is 672. The van der Waals surface area contributed by atoms with E-state index in [0.29, 0.717) is 0 Å². The standard InChI is InChI=1S/C14H11BrN2.BrH/c1-10-3-2-8-17-9-13(16-14(10)17)11-4-6-12(15)7-5-11;/h2-9H,1H3;1H. The SMILES string of the molecule is Br.Cc1cccn2cc(-c3ccc(Br)cc3)nc12. The van der Waals surface area contributed by atoms with Gasteiger partial charge in [0, 0.05) is 22.4 Å². The number of nitrogens with zero attached hydrogens (tertiary/aromatic N) is 2. The fourth-order valence-electron chi connectivity index (χ4n) is 1.91. The van der Waals surface area contributed by atoms with Crippen LogP contribution in [0.3, 0.4) is 0 Å². The van der Waals surface area contributed by atoms with E-state index in [0.717, 1.165) is 21.4 Å². The number of imidazole rings is 1. The highest BCUT2D eigenvalue weighted by Gasteiger charge is 2.05. The Hall–Kier alpha value is -1.13. The molecule has 0 bridgehead atoms. The van der Waals surface area contributed by atoms with Crippen molar-refractivity contribution in [2.24, 2.45) is 0 Å². The van der Waals surface area contributed by atoms with Gasteiger partial charge in [-0.3, -0.25) is 0 Å². The Morgan fingerprint density at radius 1 is 1.11 bits per heavy atom. The normalized spacial score (nSPS) is 10.3. The summed E-state index contributed by atoms with van der Waals surface area (Å²) in [6, 6.07) is 12.3. The van der Waals surface area contributed by atoms with Gasteiger partial charge in [-0.05, 0) is 30.7 Å². The highest BCUT2D eigenvalue weighted by molar-refractivity contribution is 9.10. The summed E-state index contributed by atoms with van der Waals surface area (Å²) in [5.41, 5.74) is 4.35. The van der Waals surface area contributed by atoms with Crippen LogP contribution >= 0.6 is 32.9 Å². The zero-order valence-corrected chi connectivity index (χ0v) is 13.1. The first-order valence-corrected chi connectivity index (χ1v) is 6.23. The van der Waals surface area contributed by atoms with Crippen LogP contribution in [0, 0.1) is 6.92 Å². The summed E-state index contributed by atoms with van der Waals surface area (Å²) < 4.78 is 3.15. The minimum Gasteiger partial charge on any atom is -0.306 e. The lowest BCUT2D eigenvalue weighted by Crippen LogP contribution is -1.83. The first kappa shape index (κ1) is 13.3. The molecule has 0 unspecified atom stereocenters. The number of hydrogen-bond acceptors (Lipinski definition) is 1. The average molecular weight is 368 g/mol. The first-order valence-electron chi connectivity index (χ1n) is 5.44. The van der Waals surface area contributed by atoms with Crippen molar-refractivity contribution in [2.75, 3.05) is 0 Å². The number of aryl methyl sites for hydroxylation is 1. The van der Waals surface area contributed by atoms with Gasteiger partial charge < -0.3 is 4.40 Å². The molecule has 2 nitrogen and oxygen atoms in total. The van der Waals surface area contributed by atoms with Crippen LogP contribution in [0.25, 0.3) is 16.9 Å². The Morgan fingerprint density at radius 3 is 2.50 bits per heavy atom. The average Bonchev–Trinajstić information content (AvgIpc) is 2.75. The minimum absolute atomic E-state index is 0. The van der Waals surface area contributed by atoms with E-state index in [2.05, 4.69) is 56.6 Å². The molecule has 2 heterocycles. The lowest BCUT2D eigenvalue weighted by Gasteiger charge is -1.95. The van der Waals surface area contributed by atoms with Gasteiger partial charge >= 0.3 is 0 Å². The van der Waals surface area contributed by atoms with Crippen LogP contribution in [0.15, 0.2) is 53.3 Å². The highest BCUT2D eigenvalue weighted by atomic mass is 79.9. The molecule has 0 radical (unpaired) electrons. The van der Waals surface area contributed by atoms with Crippen molar-refractivity contribution in [2.45, 2.75) is 6.92 Å². The van der Waals surface area contributed by atoms with E-state index in [1.165, 1.54) is 5.56 Å². The summed E-state index contributed by atoms with van der Waals surface area (Å²) in [4.78, 5) is 4.66. The minimum atomic E-state index is 0. The Morgan fingerprint density at radius 2 is 1.83 bits per heavy atom. The van der Waals surface area contributed by atoms with Crippen LogP contribution in [0.5, 0.6) is 0 Å². The van der Waals surface area contributed by atoms with Crippen molar-refractivity contribution in [1.82, 2.24) is 9.38 Å². The number of fused-ring (bicyclic) bond motifs is 1. The third kappa shape index (κ3) is 2.35. The molecule has 0 aliphatic carbocycles. The van der Waals surface area contributed by atoms with Gasteiger partial charge in [0.1, 0.15) is 5.65 Å². The zero-order chi connectivity index (χ0) is 11.8. The molecular weight excluding hydrogens is 356 g/mol. The van der Waals surface area contributed by atoms with Gasteiger partial charge in [-0.15, -0.1) is 17.0 Å². The predicted octanol–water partition coefficient (Wildman–Crippen LogP) is 4.65. The maximum absolute atomic E-state index is 4.66. The third-order valence-corrected chi connectivity index (χ3v) is 3.35. The van der Waals surface area contributed by atoms with E-state index < -0.39 is 0 Å². The highest BCUT2D eigenvalue weighted by Crippen LogP contribution is 2.22. The number of aromatic nitrogens is 2. The molecule has 92 valence electrons. The van der Waals surface area contributed by atoms with Crippen LogP contribution in [0.4, 0.5) is 0 Å². The van der Waals surface area contributed by atoms with Crippen LogP contribution < -0.4 is 0 Å².